The van der Waals surface area contributed by atoms with Gasteiger partial charge in [-0.25, -0.2) is 0 Å². The van der Waals surface area contributed by atoms with Crippen molar-refractivity contribution in [2.75, 3.05) is 27.9 Å². The second-order valence-electron chi connectivity index (χ2n) is 5.51. The van der Waals surface area contributed by atoms with Crippen LogP contribution in [0.25, 0.3) is 12.2 Å². The molecule has 0 bridgehead atoms. The van der Waals surface area contributed by atoms with Gasteiger partial charge in [-0.2, -0.15) is 13.6 Å². The Balaban J connectivity index is 2.39. The molecule has 0 fully saturated rings. The fourth-order valence-corrected chi connectivity index (χ4v) is 2.86. The summed E-state index contributed by atoms with van der Waals surface area (Å²) >= 11 is 0. The van der Waals surface area contributed by atoms with Crippen molar-refractivity contribution >= 4 is 22.5 Å². The van der Waals surface area contributed by atoms with Gasteiger partial charge in [0.15, 0.2) is 23.0 Å². The third-order valence-corrected chi connectivity index (χ3v) is 4.04. The van der Waals surface area contributed by atoms with Crippen LogP contribution >= 0.6 is 0 Å². The van der Waals surface area contributed by atoms with E-state index in [1.165, 1.54) is 27.4 Å². The zero-order chi connectivity index (χ0) is 20.7. The molecule has 152 valence electrons. The SMILES string of the molecule is CCOc1ccc(/C=C\c2cc(OC)c(OC)c(OC)c2)cc1OS(N)(=O)=O. The van der Waals surface area contributed by atoms with E-state index in [1.807, 2.05) is 0 Å². The zero-order valence-corrected chi connectivity index (χ0v) is 16.9. The Hall–Kier alpha value is -2.91. The van der Waals surface area contributed by atoms with Crippen molar-refractivity contribution in [1.82, 2.24) is 0 Å². The first-order valence-corrected chi connectivity index (χ1v) is 9.75. The average Bonchev–Trinajstić information content (AvgIpc) is 2.66. The van der Waals surface area contributed by atoms with Crippen LogP contribution in [0.4, 0.5) is 0 Å². The van der Waals surface area contributed by atoms with E-state index in [4.69, 9.17) is 28.3 Å². The fraction of sp³-hybridized carbons (Fsp3) is 0.263. The number of ether oxygens (including phenoxy) is 4. The minimum absolute atomic E-state index is 0.0105. The van der Waals surface area contributed by atoms with Crippen molar-refractivity contribution in [3.05, 3.63) is 41.5 Å². The summed E-state index contributed by atoms with van der Waals surface area (Å²) < 4.78 is 48.7. The average molecular weight is 409 g/mol. The predicted molar refractivity (Wildman–Crippen MR) is 106 cm³/mol. The van der Waals surface area contributed by atoms with Gasteiger partial charge >= 0.3 is 10.3 Å². The van der Waals surface area contributed by atoms with Gasteiger partial charge < -0.3 is 23.1 Å². The van der Waals surface area contributed by atoms with Gasteiger partial charge in [-0.15, -0.1) is 0 Å². The number of hydrogen-bond acceptors (Lipinski definition) is 7. The summed E-state index contributed by atoms with van der Waals surface area (Å²) in [4.78, 5) is 0. The van der Waals surface area contributed by atoms with Gasteiger partial charge in [0.25, 0.3) is 0 Å². The maximum Gasteiger partial charge on any atom is 0.380 e. The van der Waals surface area contributed by atoms with Crippen LogP contribution in [0.3, 0.4) is 0 Å². The van der Waals surface area contributed by atoms with Gasteiger partial charge in [0.2, 0.25) is 5.75 Å². The smallest absolute Gasteiger partial charge is 0.380 e. The monoisotopic (exact) mass is 409 g/mol. The zero-order valence-electron chi connectivity index (χ0n) is 16.1. The fourth-order valence-electron chi connectivity index (χ4n) is 2.48. The summed E-state index contributed by atoms with van der Waals surface area (Å²) in [6, 6.07) is 8.46. The molecule has 28 heavy (non-hydrogen) atoms. The number of hydrogen-bond donors (Lipinski definition) is 1. The lowest BCUT2D eigenvalue weighted by atomic mass is 10.1. The molecule has 0 saturated heterocycles. The first-order chi connectivity index (χ1) is 13.3. The van der Waals surface area contributed by atoms with E-state index in [1.54, 1.807) is 43.3 Å². The summed E-state index contributed by atoms with van der Waals surface area (Å²) in [6.07, 6.45) is 3.58. The van der Waals surface area contributed by atoms with Crippen LogP contribution in [-0.4, -0.2) is 36.4 Å². The van der Waals surface area contributed by atoms with E-state index < -0.39 is 10.3 Å². The lowest BCUT2D eigenvalue weighted by molar-refractivity contribution is 0.324. The number of nitrogens with two attached hydrogens (primary N) is 1. The maximum absolute atomic E-state index is 11.3. The molecular formula is C19H23NO7S. The van der Waals surface area contributed by atoms with Gasteiger partial charge in [-0.3, -0.25) is 0 Å². The molecule has 0 aromatic heterocycles. The molecule has 8 nitrogen and oxygen atoms in total. The summed E-state index contributed by atoms with van der Waals surface area (Å²) in [7, 11) is 0.424. The van der Waals surface area contributed by atoms with E-state index in [0.29, 0.717) is 29.4 Å². The Bertz CT molecular complexity index is 930. The highest BCUT2D eigenvalue weighted by Crippen LogP contribution is 2.38. The lowest BCUT2D eigenvalue weighted by Crippen LogP contribution is -2.19. The van der Waals surface area contributed by atoms with E-state index in [9.17, 15) is 8.42 Å². The van der Waals surface area contributed by atoms with Crippen LogP contribution < -0.4 is 28.3 Å². The summed E-state index contributed by atoms with van der Waals surface area (Å²) in [5.41, 5.74) is 1.47. The highest BCUT2D eigenvalue weighted by atomic mass is 32.2. The third-order valence-electron chi connectivity index (χ3n) is 3.63. The van der Waals surface area contributed by atoms with Crippen molar-refractivity contribution in [1.29, 1.82) is 0 Å². The first-order valence-electron chi connectivity index (χ1n) is 8.28. The normalized spacial score (nSPS) is 11.3. The molecule has 9 heteroatoms. The predicted octanol–water partition coefficient (Wildman–Crippen LogP) is 2.86. The minimum Gasteiger partial charge on any atom is -0.493 e. The van der Waals surface area contributed by atoms with E-state index in [2.05, 4.69) is 0 Å². The molecule has 0 atom stereocenters. The van der Waals surface area contributed by atoms with Crippen molar-refractivity contribution in [2.45, 2.75) is 6.92 Å². The Morgan fingerprint density at radius 3 is 1.93 bits per heavy atom. The van der Waals surface area contributed by atoms with Crippen LogP contribution in [0.15, 0.2) is 30.3 Å². The Morgan fingerprint density at radius 2 is 1.43 bits per heavy atom. The molecule has 0 unspecified atom stereocenters. The second-order valence-corrected chi connectivity index (χ2v) is 6.66. The number of methoxy groups -OCH3 is 3. The molecule has 0 amide bonds. The topological polar surface area (TPSA) is 106 Å². The first kappa shape index (κ1) is 21.4. The number of benzene rings is 2. The van der Waals surface area contributed by atoms with E-state index >= 15 is 0 Å². The minimum atomic E-state index is -4.18. The highest BCUT2D eigenvalue weighted by molar-refractivity contribution is 7.84. The molecule has 2 aromatic rings. The molecule has 0 spiro atoms. The molecular weight excluding hydrogens is 386 g/mol. The van der Waals surface area contributed by atoms with Crippen molar-refractivity contribution in [3.63, 3.8) is 0 Å². The lowest BCUT2D eigenvalue weighted by Gasteiger charge is -2.13. The van der Waals surface area contributed by atoms with Crippen LogP contribution in [-0.2, 0) is 10.3 Å². The molecule has 0 aliphatic rings. The molecule has 0 aliphatic heterocycles. The number of rotatable bonds is 9. The standard InChI is InChI=1S/C19H23NO7S/c1-5-26-15-9-8-13(10-16(15)27-28(20,21)22)6-7-14-11-17(23-2)19(25-4)18(12-14)24-3/h6-12H,5H2,1-4H3,(H2,20,21,22)/b7-6-. The summed E-state index contributed by atoms with van der Waals surface area (Å²) in [5.74, 6) is 1.82. The largest absolute Gasteiger partial charge is 0.493 e. The molecule has 0 aliphatic carbocycles. The van der Waals surface area contributed by atoms with Crippen LogP contribution in [0.2, 0.25) is 0 Å². The second kappa shape index (κ2) is 9.34. The van der Waals surface area contributed by atoms with E-state index in [-0.39, 0.29) is 11.5 Å². The van der Waals surface area contributed by atoms with Crippen molar-refractivity contribution < 1.29 is 31.5 Å². The molecule has 2 aromatic carbocycles. The summed E-state index contributed by atoms with van der Waals surface area (Å²) in [5, 5.41) is 4.98. The van der Waals surface area contributed by atoms with Crippen LogP contribution in [0.5, 0.6) is 28.7 Å². The molecule has 0 saturated carbocycles. The maximum atomic E-state index is 11.3. The third kappa shape index (κ3) is 5.54. The van der Waals surface area contributed by atoms with Crippen molar-refractivity contribution in [3.8, 4) is 28.7 Å². The van der Waals surface area contributed by atoms with Gasteiger partial charge in [0.1, 0.15) is 0 Å². The van der Waals surface area contributed by atoms with E-state index in [0.717, 1.165) is 5.56 Å². The highest BCUT2D eigenvalue weighted by Gasteiger charge is 2.13. The van der Waals surface area contributed by atoms with Gasteiger partial charge in [0, 0.05) is 0 Å². The van der Waals surface area contributed by atoms with Gasteiger partial charge in [-0.1, -0.05) is 18.2 Å². The quantitative estimate of drug-likeness (QED) is 0.635. The molecule has 2 rings (SSSR count). The van der Waals surface area contributed by atoms with Crippen LogP contribution in [0, 0.1) is 0 Å². The molecule has 0 radical (unpaired) electrons. The van der Waals surface area contributed by atoms with Gasteiger partial charge in [-0.05, 0) is 42.3 Å². The summed E-state index contributed by atoms with van der Waals surface area (Å²) in [6.45, 7) is 2.13. The Morgan fingerprint density at radius 1 is 0.857 bits per heavy atom. The van der Waals surface area contributed by atoms with Crippen LogP contribution in [0.1, 0.15) is 18.1 Å². The molecule has 2 N–H and O–H groups in total. The Labute approximate surface area is 164 Å². The molecule has 0 heterocycles. The Kier molecular flexibility index (Phi) is 7.13. The van der Waals surface area contributed by atoms with Crippen molar-refractivity contribution in [2.24, 2.45) is 5.14 Å². The van der Waals surface area contributed by atoms with Gasteiger partial charge in [0.05, 0.1) is 27.9 Å².